The molecule has 24 heavy (non-hydrogen) atoms. The van der Waals surface area contributed by atoms with Crippen molar-refractivity contribution in [3.63, 3.8) is 0 Å². The molecule has 0 saturated heterocycles. The van der Waals surface area contributed by atoms with Gasteiger partial charge in [0, 0.05) is 18.2 Å². The maximum Gasteiger partial charge on any atom is 0.265 e. The van der Waals surface area contributed by atoms with Crippen LogP contribution in [0, 0.1) is 0 Å². The predicted octanol–water partition coefficient (Wildman–Crippen LogP) is 3.31. The molecule has 6 aromatic rings. The molecule has 6 heterocycles. The molecule has 0 aromatic carbocycles. The second kappa shape index (κ2) is 3.96. The normalized spacial score (nSPS) is 12.2. The van der Waals surface area contributed by atoms with E-state index in [0.29, 0.717) is 50.7 Å². The maximum atomic E-state index is 5.71. The molecule has 0 aliphatic carbocycles. The van der Waals surface area contributed by atoms with Gasteiger partial charge in [0.05, 0.1) is 6.26 Å². The molecule has 0 aliphatic rings. The molecule has 0 aliphatic heterocycles. The van der Waals surface area contributed by atoms with E-state index < -0.39 is 0 Å². The first-order valence-electron chi connectivity index (χ1n) is 6.99. The van der Waals surface area contributed by atoms with E-state index in [0.717, 1.165) is 0 Å². The van der Waals surface area contributed by atoms with E-state index in [1.165, 1.54) is 12.7 Å². The summed E-state index contributed by atoms with van der Waals surface area (Å²) in [6.45, 7) is 0. The highest BCUT2D eigenvalue weighted by atomic mass is 16.4. The van der Waals surface area contributed by atoms with E-state index in [-0.39, 0.29) is 5.89 Å². The lowest BCUT2D eigenvalue weighted by atomic mass is 10.4. The van der Waals surface area contributed by atoms with Crippen LogP contribution in [0.2, 0.25) is 0 Å². The van der Waals surface area contributed by atoms with Gasteiger partial charge in [0.15, 0.2) is 17.7 Å². The third kappa shape index (κ3) is 1.50. The molecule has 0 atom stereocenters. The fraction of sp³-hybridized carbons (Fsp3) is 0. The summed E-state index contributed by atoms with van der Waals surface area (Å²) < 4.78 is 21.8. The van der Waals surface area contributed by atoms with Gasteiger partial charge in [0.1, 0.15) is 16.6 Å². The van der Waals surface area contributed by atoms with Crippen LogP contribution in [0.15, 0.2) is 48.5 Å². The zero-order chi connectivity index (χ0) is 15.7. The average molecular weight is 319 g/mol. The number of nitrogens with zero attached hydrogens (tertiary/aromatic N) is 5. The summed E-state index contributed by atoms with van der Waals surface area (Å²) in [5.41, 5.74) is 3.89. The molecular weight excluding hydrogens is 314 g/mol. The SMILES string of the molecule is c1nc2cc3oc(-c4cc5nc6ccoc6nc5o4)nc3nc2o1. The standard InChI is InChI=1S/C15H5N5O4/c1-2-21-12-6(1)17-8-4-10(24-14(8)20-12)15-19-11-9(23-15)3-7-13(18-11)22-5-16-7/h1-5H. The van der Waals surface area contributed by atoms with E-state index in [9.17, 15) is 0 Å². The van der Waals surface area contributed by atoms with Gasteiger partial charge in [0.2, 0.25) is 22.8 Å². The number of oxazole rings is 2. The highest BCUT2D eigenvalue weighted by molar-refractivity contribution is 5.85. The molecule has 0 amide bonds. The van der Waals surface area contributed by atoms with E-state index in [1.807, 2.05) is 0 Å². The topological polar surface area (TPSA) is 117 Å². The molecule has 6 rings (SSSR count). The first-order valence-corrected chi connectivity index (χ1v) is 6.99. The average Bonchev–Trinajstić information content (AvgIpc) is 3.33. The van der Waals surface area contributed by atoms with Crippen LogP contribution in [0.5, 0.6) is 0 Å². The Morgan fingerprint density at radius 2 is 1.71 bits per heavy atom. The largest absolute Gasteiger partial charge is 0.445 e. The van der Waals surface area contributed by atoms with Crippen molar-refractivity contribution in [1.82, 2.24) is 24.9 Å². The van der Waals surface area contributed by atoms with Crippen LogP contribution in [0.3, 0.4) is 0 Å². The van der Waals surface area contributed by atoms with Gasteiger partial charge in [-0.15, -0.1) is 0 Å². The summed E-state index contributed by atoms with van der Waals surface area (Å²) in [5.74, 6) is 0.682. The number of hydrogen-bond donors (Lipinski definition) is 0. The first-order chi connectivity index (χ1) is 11.8. The van der Waals surface area contributed by atoms with Crippen LogP contribution in [-0.4, -0.2) is 24.9 Å². The van der Waals surface area contributed by atoms with Crippen molar-refractivity contribution in [2.45, 2.75) is 0 Å². The maximum absolute atomic E-state index is 5.71. The summed E-state index contributed by atoms with van der Waals surface area (Å²) in [5, 5.41) is 0. The second-order valence-electron chi connectivity index (χ2n) is 5.14. The van der Waals surface area contributed by atoms with Crippen molar-refractivity contribution in [3.05, 3.63) is 30.9 Å². The number of rotatable bonds is 1. The van der Waals surface area contributed by atoms with Crippen molar-refractivity contribution in [3.8, 4) is 11.7 Å². The molecule has 0 bridgehead atoms. The number of aromatic nitrogens is 5. The van der Waals surface area contributed by atoms with Crippen LogP contribution >= 0.6 is 0 Å². The molecule has 0 saturated carbocycles. The van der Waals surface area contributed by atoms with Gasteiger partial charge in [-0.1, -0.05) is 0 Å². The zero-order valence-electron chi connectivity index (χ0n) is 11.8. The van der Waals surface area contributed by atoms with Gasteiger partial charge >= 0.3 is 0 Å². The van der Waals surface area contributed by atoms with Crippen molar-refractivity contribution >= 4 is 44.9 Å². The number of hydrogen-bond acceptors (Lipinski definition) is 9. The Balaban J connectivity index is 1.58. The van der Waals surface area contributed by atoms with Gasteiger partial charge in [-0.3, -0.25) is 0 Å². The number of furan rings is 2. The van der Waals surface area contributed by atoms with Gasteiger partial charge in [-0.2, -0.15) is 15.0 Å². The Morgan fingerprint density at radius 1 is 0.750 bits per heavy atom. The Morgan fingerprint density at radius 3 is 2.71 bits per heavy atom. The highest BCUT2D eigenvalue weighted by Crippen LogP contribution is 2.29. The van der Waals surface area contributed by atoms with Crippen molar-refractivity contribution in [2.24, 2.45) is 0 Å². The fourth-order valence-electron chi connectivity index (χ4n) is 2.58. The van der Waals surface area contributed by atoms with E-state index in [4.69, 9.17) is 17.7 Å². The molecule has 114 valence electrons. The molecule has 0 radical (unpaired) electrons. The lowest BCUT2D eigenvalue weighted by Crippen LogP contribution is -1.78. The monoisotopic (exact) mass is 319 g/mol. The van der Waals surface area contributed by atoms with Crippen molar-refractivity contribution in [2.75, 3.05) is 0 Å². The van der Waals surface area contributed by atoms with E-state index in [1.54, 1.807) is 18.2 Å². The summed E-state index contributed by atoms with van der Waals surface area (Å²) in [7, 11) is 0. The van der Waals surface area contributed by atoms with Gasteiger partial charge in [0.25, 0.3) is 5.89 Å². The predicted molar refractivity (Wildman–Crippen MR) is 79.9 cm³/mol. The Hall–Kier alpha value is -3.75. The first kappa shape index (κ1) is 11.8. The molecular formula is C15H5N5O4. The summed E-state index contributed by atoms with van der Waals surface area (Å²) in [4.78, 5) is 21.3. The number of fused-ring (bicyclic) bond motifs is 4. The van der Waals surface area contributed by atoms with Crippen LogP contribution in [0.1, 0.15) is 0 Å². The van der Waals surface area contributed by atoms with E-state index >= 15 is 0 Å². The molecule has 0 spiro atoms. The summed E-state index contributed by atoms with van der Waals surface area (Å²) in [6, 6.07) is 5.16. The third-order valence-corrected chi connectivity index (χ3v) is 3.66. The lowest BCUT2D eigenvalue weighted by Gasteiger charge is -1.86. The third-order valence-electron chi connectivity index (χ3n) is 3.66. The highest BCUT2D eigenvalue weighted by Gasteiger charge is 2.17. The van der Waals surface area contributed by atoms with Crippen LogP contribution in [0.25, 0.3) is 56.6 Å². The Kier molecular flexibility index (Phi) is 1.94. The lowest BCUT2D eigenvalue weighted by molar-refractivity contribution is 0.550. The number of pyridine rings is 1. The minimum atomic E-state index is 0.279. The quantitative estimate of drug-likeness (QED) is 0.449. The van der Waals surface area contributed by atoms with Gasteiger partial charge < -0.3 is 17.7 Å². The van der Waals surface area contributed by atoms with Gasteiger partial charge in [-0.25, -0.2) is 9.97 Å². The van der Waals surface area contributed by atoms with E-state index in [2.05, 4.69) is 24.9 Å². The molecule has 9 nitrogen and oxygen atoms in total. The molecule has 6 aromatic heterocycles. The van der Waals surface area contributed by atoms with Crippen LogP contribution in [-0.2, 0) is 0 Å². The molecule has 0 N–H and O–H groups in total. The van der Waals surface area contributed by atoms with Crippen LogP contribution in [0.4, 0.5) is 0 Å². The van der Waals surface area contributed by atoms with Gasteiger partial charge in [-0.05, 0) is 0 Å². The fourth-order valence-corrected chi connectivity index (χ4v) is 2.58. The minimum absolute atomic E-state index is 0.279. The molecule has 0 fully saturated rings. The summed E-state index contributed by atoms with van der Waals surface area (Å²) >= 11 is 0. The smallest absolute Gasteiger partial charge is 0.265 e. The zero-order valence-corrected chi connectivity index (χ0v) is 11.8. The van der Waals surface area contributed by atoms with Crippen molar-refractivity contribution in [1.29, 1.82) is 0 Å². The second-order valence-corrected chi connectivity index (χ2v) is 5.14. The van der Waals surface area contributed by atoms with Crippen molar-refractivity contribution < 1.29 is 17.7 Å². The summed E-state index contributed by atoms with van der Waals surface area (Å²) in [6.07, 6.45) is 2.85. The molecule has 0 unspecified atom stereocenters. The Bertz CT molecular complexity index is 1170. The Labute approximate surface area is 130 Å². The minimum Gasteiger partial charge on any atom is -0.445 e. The van der Waals surface area contributed by atoms with Crippen LogP contribution < -0.4 is 0 Å². The molecule has 9 heteroatoms.